The van der Waals surface area contributed by atoms with Crippen LogP contribution in [-0.2, 0) is 4.79 Å². The van der Waals surface area contributed by atoms with E-state index >= 15 is 0 Å². The predicted octanol–water partition coefficient (Wildman–Crippen LogP) is 3.47. The first kappa shape index (κ1) is 22.8. The highest BCUT2D eigenvalue weighted by Gasteiger charge is 2.34. The minimum atomic E-state index is 0.208. The average Bonchev–Trinajstić information content (AvgIpc) is 2.73. The summed E-state index contributed by atoms with van der Waals surface area (Å²) in [5.74, 6) is 2.33. The lowest BCUT2D eigenvalue weighted by Crippen LogP contribution is -2.44. The van der Waals surface area contributed by atoms with Gasteiger partial charge in [0.1, 0.15) is 0 Å². The molecule has 2 fully saturated rings. The molecule has 4 N–H and O–H groups in total. The number of likely N-dealkylation sites (tertiary alicyclic amines) is 2. The van der Waals surface area contributed by atoms with Crippen LogP contribution in [-0.4, -0.2) is 48.8 Å². The molecule has 0 radical (unpaired) electrons. The van der Waals surface area contributed by atoms with Crippen molar-refractivity contribution in [2.75, 3.05) is 32.7 Å². The Morgan fingerprint density at radius 2 is 1.75 bits per heavy atom. The smallest absolute Gasteiger partial charge is 0.165 e. The van der Waals surface area contributed by atoms with E-state index in [0.29, 0.717) is 17.5 Å². The van der Waals surface area contributed by atoms with E-state index in [1.807, 2.05) is 0 Å². The van der Waals surface area contributed by atoms with Gasteiger partial charge in [0.05, 0.1) is 11.5 Å². The monoisotopic (exact) mass is 390 g/mol. The largest absolute Gasteiger partial charge is 0.396 e. The molecule has 1 atom stereocenters. The summed E-state index contributed by atoms with van der Waals surface area (Å²) in [4.78, 5) is 15.5. The van der Waals surface area contributed by atoms with Gasteiger partial charge >= 0.3 is 0 Å². The first-order chi connectivity index (χ1) is 13.4. The third-order valence-corrected chi connectivity index (χ3v) is 7.22. The Labute approximate surface area is 172 Å². The molecule has 5 nitrogen and oxygen atoms in total. The van der Waals surface area contributed by atoms with Crippen molar-refractivity contribution in [1.29, 1.82) is 0 Å². The summed E-state index contributed by atoms with van der Waals surface area (Å²) in [5, 5.41) is 0. The van der Waals surface area contributed by atoms with Crippen molar-refractivity contribution in [1.82, 2.24) is 9.80 Å². The zero-order valence-electron chi connectivity index (χ0n) is 18.3. The molecule has 0 amide bonds. The molecule has 160 valence electrons. The molecule has 0 spiro atoms. The number of nitrogens with two attached hydrogens (primary N) is 2. The van der Waals surface area contributed by atoms with Crippen molar-refractivity contribution < 1.29 is 4.79 Å². The van der Waals surface area contributed by atoms with Gasteiger partial charge in [-0.05, 0) is 74.6 Å². The molecule has 1 unspecified atom stereocenters. The number of piperidine rings is 2. The number of nitrogens with zero attached hydrogens (tertiary/aromatic N) is 2. The van der Waals surface area contributed by atoms with E-state index in [1.165, 1.54) is 64.6 Å². The molecule has 2 saturated heterocycles. The second-order valence-corrected chi connectivity index (χ2v) is 9.18. The minimum absolute atomic E-state index is 0.208. The quantitative estimate of drug-likeness (QED) is 0.358. The molecule has 2 aliphatic heterocycles. The second-order valence-electron chi connectivity index (χ2n) is 9.18. The topological polar surface area (TPSA) is 75.6 Å². The maximum atomic E-state index is 10.6. The summed E-state index contributed by atoms with van der Waals surface area (Å²) < 4.78 is 0. The van der Waals surface area contributed by atoms with Crippen LogP contribution in [0.15, 0.2) is 23.7 Å². The summed E-state index contributed by atoms with van der Waals surface area (Å²) >= 11 is 0. The molecule has 0 bridgehead atoms. The zero-order chi connectivity index (χ0) is 20.6. The summed E-state index contributed by atoms with van der Waals surface area (Å²) in [7, 11) is 0. The van der Waals surface area contributed by atoms with E-state index in [2.05, 4.69) is 30.6 Å². The second kappa shape index (κ2) is 10.9. The fraction of sp³-hybridized carbons (Fsp3) is 0.783. The minimum Gasteiger partial charge on any atom is -0.396 e. The van der Waals surface area contributed by atoms with Crippen molar-refractivity contribution in [2.45, 2.75) is 65.7 Å². The number of allylic oxidation sites excluding steroid dienone is 3. The summed E-state index contributed by atoms with van der Waals surface area (Å²) in [5.41, 5.74) is 12.4. The van der Waals surface area contributed by atoms with Gasteiger partial charge in [-0.2, -0.15) is 0 Å². The molecular formula is C23H42N4O. The van der Waals surface area contributed by atoms with Gasteiger partial charge in [0, 0.05) is 19.6 Å². The molecule has 0 saturated carbocycles. The lowest BCUT2D eigenvalue weighted by atomic mass is 9.70. The van der Waals surface area contributed by atoms with E-state index in [9.17, 15) is 4.79 Å². The highest BCUT2D eigenvalue weighted by Crippen LogP contribution is 2.41. The van der Waals surface area contributed by atoms with Crippen molar-refractivity contribution in [3.63, 3.8) is 0 Å². The highest BCUT2D eigenvalue weighted by molar-refractivity contribution is 5.72. The standard InChI is InChI=1S/C23H42N4O/c1-4-19(3)16-23(5-2)10-14-26(15-11-23)17-20-8-12-27(13-9-20)22(25)7-6-21(24)18-28/h6-7,18-20H,4-5,8-17,24-25H2,1-3H3/b21-6-,22-7+. The third-order valence-electron chi connectivity index (χ3n) is 7.22. The Bertz CT molecular complexity index is 541. The molecule has 28 heavy (non-hydrogen) atoms. The van der Waals surface area contributed by atoms with Crippen LogP contribution >= 0.6 is 0 Å². The van der Waals surface area contributed by atoms with E-state index in [1.54, 1.807) is 12.2 Å². The van der Waals surface area contributed by atoms with Gasteiger partial charge in [0.2, 0.25) is 0 Å². The van der Waals surface area contributed by atoms with Crippen LogP contribution in [0.5, 0.6) is 0 Å². The maximum Gasteiger partial charge on any atom is 0.165 e. The molecule has 2 rings (SSSR count). The first-order valence-electron chi connectivity index (χ1n) is 11.3. The molecular weight excluding hydrogens is 348 g/mol. The summed E-state index contributed by atoms with van der Waals surface area (Å²) in [6.45, 7) is 12.9. The average molecular weight is 391 g/mol. The molecule has 0 aromatic heterocycles. The van der Waals surface area contributed by atoms with Gasteiger partial charge in [-0.1, -0.05) is 33.6 Å². The van der Waals surface area contributed by atoms with E-state index < -0.39 is 0 Å². The van der Waals surface area contributed by atoms with Gasteiger partial charge in [-0.15, -0.1) is 0 Å². The van der Waals surface area contributed by atoms with Crippen LogP contribution in [0, 0.1) is 17.3 Å². The number of hydrogen-bond acceptors (Lipinski definition) is 5. The number of aldehydes is 1. The maximum absolute atomic E-state index is 10.6. The molecule has 5 heteroatoms. The van der Waals surface area contributed by atoms with Crippen molar-refractivity contribution in [3.05, 3.63) is 23.7 Å². The molecule has 2 heterocycles. The Morgan fingerprint density at radius 3 is 2.29 bits per heavy atom. The first-order valence-corrected chi connectivity index (χ1v) is 11.3. The van der Waals surface area contributed by atoms with Crippen LogP contribution in [0.2, 0.25) is 0 Å². The van der Waals surface area contributed by atoms with Gasteiger partial charge < -0.3 is 21.3 Å². The lowest BCUT2D eigenvalue weighted by molar-refractivity contribution is -0.104. The van der Waals surface area contributed by atoms with Gasteiger partial charge in [0.15, 0.2) is 6.29 Å². The normalized spacial score (nSPS) is 23.6. The number of hydrogen-bond donors (Lipinski definition) is 2. The van der Waals surface area contributed by atoms with Gasteiger partial charge in [-0.3, -0.25) is 4.79 Å². The third kappa shape index (κ3) is 6.54. The highest BCUT2D eigenvalue weighted by atomic mass is 16.1. The van der Waals surface area contributed by atoms with Crippen LogP contribution < -0.4 is 11.5 Å². The van der Waals surface area contributed by atoms with Crippen LogP contribution in [0.1, 0.15) is 65.7 Å². The lowest BCUT2D eigenvalue weighted by Gasteiger charge is -2.44. The van der Waals surface area contributed by atoms with Crippen LogP contribution in [0.3, 0.4) is 0 Å². The van der Waals surface area contributed by atoms with E-state index in [0.717, 1.165) is 24.9 Å². The number of carbonyl (C=O) groups is 1. The molecule has 0 aliphatic carbocycles. The van der Waals surface area contributed by atoms with Crippen molar-refractivity contribution >= 4 is 6.29 Å². The zero-order valence-corrected chi connectivity index (χ0v) is 18.3. The SMILES string of the molecule is CCC(C)CC1(CC)CCN(CC2CCN(/C(N)=C/C=C(\N)C=O)CC2)CC1. The van der Waals surface area contributed by atoms with Crippen molar-refractivity contribution in [3.8, 4) is 0 Å². The Morgan fingerprint density at radius 1 is 1.11 bits per heavy atom. The molecule has 2 aliphatic rings. The fourth-order valence-electron chi connectivity index (χ4n) is 4.86. The predicted molar refractivity (Wildman–Crippen MR) is 117 cm³/mol. The van der Waals surface area contributed by atoms with Gasteiger partial charge in [0.25, 0.3) is 0 Å². The summed E-state index contributed by atoms with van der Waals surface area (Å²) in [6.07, 6.45) is 13.1. The van der Waals surface area contributed by atoms with Crippen LogP contribution in [0.25, 0.3) is 0 Å². The van der Waals surface area contributed by atoms with Crippen LogP contribution in [0.4, 0.5) is 0 Å². The van der Waals surface area contributed by atoms with Crippen molar-refractivity contribution in [2.24, 2.45) is 28.7 Å². The fourth-order valence-corrected chi connectivity index (χ4v) is 4.86. The van der Waals surface area contributed by atoms with Gasteiger partial charge in [-0.25, -0.2) is 0 Å². The number of rotatable bonds is 9. The van der Waals surface area contributed by atoms with E-state index in [4.69, 9.17) is 11.5 Å². The van der Waals surface area contributed by atoms with E-state index in [-0.39, 0.29) is 5.70 Å². The summed E-state index contributed by atoms with van der Waals surface area (Å²) in [6, 6.07) is 0. The Hall–Kier alpha value is -1.49. The Balaban J connectivity index is 1.76. The molecule has 0 aromatic rings. The molecule has 0 aromatic carbocycles. The number of carbonyl (C=O) groups excluding carboxylic acids is 1. The Kier molecular flexibility index (Phi) is 8.87.